The Morgan fingerprint density at radius 2 is 2.28 bits per heavy atom. The Labute approximate surface area is 111 Å². The fourth-order valence-corrected chi connectivity index (χ4v) is 1.92. The highest BCUT2D eigenvalue weighted by Crippen LogP contribution is 2.18. The summed E-state index contributed by atoms with van der Waals surface area (Å²) in [7, 11) is 0. The first-order valence-electron chi connectivity index (χ1n) is 5.95. The molecule has 98 valence electrons. The molecule has 0 saturated carbocycles. The Kier molecular flexibility index (Phi) is 4.33. The van der Waals surface area contributed by atoms with E-state index in [9.17, 15) is 0 Å². The molecule has 0 aliphatic heterocycles. The van der Waals surface area contributed by atoms with Crippen LogP contribution in [0, 0.1) is 0 Å². The number of hydrogen-bond acceptors (Lipinski definition) is 5. The van der Waals surface area contributed by atoms with Gasteiger partial charge in [0.05, 0.1) is 6.61 Å². The quantitative estimate of drug-likeness (QED) is 0.589. The molecule has 0 N–H and O–H groups in total. The van der Waals surface area contributed by atoms with Crippen LogP contribution in [0.15, 0.2) is 12.4 Å². The molecule has 0 unspecified atom stereocenters. The highest BCUT2D eigenvalue weighted by molar-refractivity contribution is 6.29. The van der Waals surface area contributed by atoms with Crippen LogP contribution in [0.4, 0.5) is 5.82 Å². The van der Waals surface area contributed by atoms with Gasteiger partial charge in [0.1, 0.15) is 17.3 Å². The summed E-state index contributed by atoms with van der Waals surface area (Å²) in [5, 5.41) is 4.58. The zero-order valence-corrected chi connectivity index (χ0v) is 11.3. The van der Waals surface area contributed by atoms with E-state index in [0.717, 1.165) is 18.9 Å². The first-order valence-corrected chi connectivity index (χ1v) is 6.33. The highest BCUT2D eigenvalue weighted by atomic mass is 35.5. The number of anilines is 1. The molecule has 0 saturated heterocycles. The molecule has 2 rings (SSSR count). The smallest absolute Gasteiger partial charge is 0.255 e. The molecule has 0 aliphatic rings. The molecule has 0 fully saturated rings. The summed E-state index contributed by atoms with van der Waals surface area (Å²) >= 11 is 5.99. The molecule has 2 aromatic heterocycles. The van der Waals surface area contributed by atoms with Gasteiger partial charge in [-0.05, 0) is 13.8 Å². The van der Waals surface area contributed by atoms with Crippen molar-refractivity contribution in [2.75, 3.05) is 31.2 Å². The van der Waals surface area contributed by atoms with E-state index in [1.807, 2.05) is 6.92 Å². The Hall–Kier alpha value is -1.40. The monoisotopic (exact) mass is 269 g/mol. The third kappa shape index (κ3) is 2.70. The second kappa shape index (κ2) is 5.97. The molecule has 0 aromatic carbocycles. The zero-order chi connectivity index (χ0) is 13.0. The van der Waals surface area contributed by atoms with Crippen molar-refractivity contribution in [2.24, 2.45) is 0 Å². The van der Waals surface area contributed by atoms with Gasteiger partial charge in [0.15, 0.2) is 0 Å². The van der Waals surface area contributed by atoms with Gasteiger partial charge in [-0.25, -0.2) is 0 Å². The summed E-state index contributed by atoms with van der Waals surface area (Å²) in [5.41, 5.74) is 0. The minimum atomic E-state index is 0.417. The lowest BCUT2D eigenvalue weighted by atomic mass is 10.4. The van der Waals surface area contributed by atoms with Crippen molar-refractivity contribution in [3.63, 3.8) is 0 Å². The maximum absolute atomic E-state index is 5.99. The van der Waals surface area contributed by atoms with Crippen LogP contribution < -0.4 is 4.90 Å². The summed E-state index contributed by atoms with van der Waals surface area (Å²) in [6.07, 6.45) is 1.47. The summed E-state index contributed by atoms with van der Waals surface area (Å²) in [6, 6.07) is 1.79. The lowest BCUT2D eigenvalue weighted by Gasteiger charge is -2.23. The number of rotatable bonds is 6. The van der Waals surface area contributed by atoms with Gasteiger partial charge in [-0.2, -0.15) is 19.6 Å². The average Bonchev–Trinajstić information content (AvgIpc) is 2.82. The molecule has 0 spiro atoms. The van der Waals surface area contributed by atoms with Crippen LogP contribution in [-0.4, -0.2) is 45.9 Å². The molecule has 2 aromatic rings. The Bertz CT molecular complexity index is 515. The molecule has 7 heteroatoms. The Balaban J connectivity index is 2.28. The van der Waals surface area contributed by atoms with Crippen LogP contribution in [0.2, 0.25) is 5.15 Å². The maximum atomic E-state index is 5.99. The van der Waals surface area contributed by atoms with Gasteiger partial charge in [-0.15, -0.1) is 0 Å². The summed E-state index contributed by atoms with van der Waals surface area (Å²) < 4.78 is 7.06. The van der Waals surface area contributed by atoms with E-state index in [2.05, 4.69) is 26.9 Å². The first kappa shape index (κ1) is 13.0. The van der Waals surface area contributed by atoms with Crippen molar-refractivity contribution >= 4 is 23.2 Å². The molecule has 0 atom stereocenters. The number of likely N-dealkylation sites (N-methyl/N-ethyl adjacent to an activating group) is 1. The third-order valence-electron chi connectivity index (χ3n) is 2.62. The number of nitrogens with zero attached hydrogens (tertiary/aromatic N) is 5. The van der Waals surface area contributed by atoms with E-state index in [1.54, 1.807) is 10.6 Å². The van der Waals surface area contributed by atoms with E-state index >= 15 is 0 Å². The van der Waals surface area contributed by atoms with E-state index in [4.69, 9.17) is 16.3 Å². The first-order chi connectivity index (χ1) is 8.76. The van der Waals surface area contributed by atoms with Gasteiger partial charge in [0, 0.05) is 25.8 Å². The molecule has 2 heterocycles. The van der Waals surface area contributed by atoms with Crippen molar-refractivity contribution in [3.8, 4) is 0 Å². The largest absolute Gasteiger partial charge is 0.380 e. The van der Waals surface area contributed by atoms with Crippen LogP contribution in [0.1, 0.15) is 13.8 Å². The normalized spacial score (nSPS) is 11.1. The maximum Gasteiger partial charge on any atom is 0.255 e. The van der Waals surface area contributed by atoms with Crippen LogP contribution in [0.3, 0.4) is 0 Å². The summed E-state index contributed by atoms with van der Waals surface area (Å²) in [4.78, 5) is 10.3. The van der Waals surface area contributed by atoms with E-state index < -0.39 is 0 Å². The predicted molar refractivity (Wildman–Crippen MR) is 70.2 cm³/mol. The van der Waals surface area contributed by atoms with E-state index in [-0.39, 0.29) is 0 Å². The molecule has 0 aliphatic carbocycles. The van der Waals surface area contributed by atoms with Crippen molar-refractivity contribution < 1.29 is 4.74 Å². The van der Waals surface area contributed by atoms with Crippen LogP contribution in [0.5, 0.6) is 0 Å². The van der Waals surface area contributed by atoms with Gasteiger partial charge < -0.3 is 9.64 Å². The fraction of sp³-hybridized carbons (Fsp3) is 0.545. The molecule has 0 bridgehead atoms. The Morgan fingerprint density at radius 3 is 3.00 bits per heavy atom. The number of hydrogen-bond donors (Lipinski definition) is 0. The minimum Gasteiger partial charge on any atom is -0.380 e. The van der Waals surface area contributed by atoms with Crippen LogP contribution >= 0.6 is 11.6 Å². The van der Waals surface area contributed by atoms with Crippen molar-refractivity contribution in [1.82, 2.24) is 19.6 Å². The number of halogens is 1. The standard InChI is InChI=1S/C11H16ClN5O/c1-3-16(5-6-18-4-2)10-7-9(12)15-11-13-8-14-17(10)11/h7-8H,3-6H2,1-2H3. The highest BCUT2D eigenvalue weighted by Gasteiger charge is 2.12. The van der Waals surface area contributed by atoms with Crippen LogP contribution in [0.25, 0.3) is 5.78 Å². The minimum absolute atomic E-state index is 0.417. The van der Waals surface area contributed by atoms with Crippen molar-refractivity contribution in [2.45, 2.75) is 13.8 Å². The second-order valence-electron chi connectivity index (χ2n) is 3.69. The Morgan fingerprint density at radius 1 is 1.44 bits per heavy atom. The zero-order valence-electron chi connectivity index (χ0n) is 10.5. The number of ether oxygens (including phenoxy) is 1. The summed E-state index contributed by atoms with van der Waals surface area (Å²) in [6.45, 7) is 7.05. The van der Waals surface area contributed by atoms with E-state index in [1.165, 1.54) is 6.33 Å². The molecule has 0 amide bonds. The predicted octanol–water partition coefficient (Wildman–Crippen LogP) is 1.64. The van der Waals surface area contributed by atoms with Gasteiger partial charge >= 0.3 is 0 Å². The van der Waals surface area contributed by atoms with Gasteiger partial charge in [0.25, 0.3) is 5.78 Å². The topological polar surface area (TPSA) is 55.5 Å². The van der Waals surface area contributed by atoms with Gasteiger partial charge in [-0.3, -0.25) is 0 Å². The van der Waals surface area contributed by atoms with E-state index in [0.29, 0.717) is 24.1 Å². The molecular weight excluding hydrogens is 254 g/mol. The van der Waals surface area contributed by atoms with Gasteiger partial charge in [-0.1, -0.05) is 11.6 Å². The number of aromatic nitrogens is 4. The molecule has 18 heavy (non-hydrogen) atoms. The van der Waals surface area contributed by atoms with Gasteiger partial charge in [0.2, 0.25) is 0 Å². The molecule has 0 radical (unpaired) electrons. The SMILES string of the molecule is CCOCCN(CC)c1cc(Cl)nc2ncnn12. The molecule has 6 nitrogen and oxygen atoms in total. The van der Waals surface area contributed by atoms with Crippen LogP contribution in [-0.2, 0) is 4.74 Å². The van der Waals surface area contributed by atoms with Crippen molar-refractivity contribution in [3.05, 3.63) is 17.5 Å². The lowest BCUT2D eigenvalue weighted by Crippen LogP contribution is -2.29. The number of fused-ring (bicyclic) bond motifs is 1. The lowest BCUT2D eigenvalue weighted by molar-refractivity contribution is 0.154. The molecular formula is C11H16ClN5O. The van der Waals surface area contributed by atoms with Crippen molar-refractivity contribution in [1.29, 1.82) is 0 Å². The third-order valence-corrected chi connectivity index (χ3v) is 2.81. The fourth-order valence-electron chi connectivity index (χ4n) is 1.75. The average molecular weight is 270 g/mol. The second-order valence-corrected chi connectivity index (χ2v) is 4.07. The summed E-state index contributed by atoms with van der Waals surface area (Å²) in [5.74, 6) is 1.39.